The van der Waals surface area contributed by atoms with E-state index in [4.69, 9.17) is 5.73 Å². The van der Waals surface area contributed by atoms with E-state index in [0.717, 1.165) is 41.7 Å². The predicted octanol–water partition coefficient (Wildman–Crippen LogP) is 1.85. The summed E-state index contributed by atoms with van der Waals surface area (Å²) >= 11 is 3.46. The average molecular weight is 301 g/mol. The quantitative estimate of drug-likeness (QED) is 0.776. The Labute approximate surface area is 109 Å². The molecule has 1 aromatic rings. The fourth-order valence-corrected chi connectivity index (χ4v) is 2.38. The molecule has 1 heterocycles. The van der Waals surface area contributed by atoms with Crippen LogP contribution in [-0.2, 0) is 0 Å². The van der Waals surface area contributed by atoms with E-state index in [-0.39, 0.29) is 12.1 Å². The van der Waals surface area contributed by atoms with E-state index >= 15 is 0 Å². The lowest BCUT2D eigenvalue weighted by atomic mass is 9.93. The second-order valence-corrected chi connectivity index (χ2v) is 5.27. The van der Waals surface area contributed by atoms with Gasteiger partial charge in [-0.3, -0.25) is 0 Å². The molecule has 0 amide bonds. The number of hydrogen-bond donors (Lipinski definition) is 3. The van der Waals surface area contributed by atoms with Gasteiger partial charge < -0.3 is 16.2 Å². The fraction of sp³-hybridized carbons (Fsp3) is 0.636. The maximum Gasteiger partial charge on any atom is 0.222 e. The van der Waals surface area contributed by atoms with Crippen molar-refractivity contribution in [2.45, 2.75) is 44.8 Å². The van der Waals surface area contributed by atoms with Crippen LogP contribution in [0.5, 0.6) is 0 Å². The number of nitrogens with zero attached hydrogens (tertiary/aromatic N) is 2. The smallest absolute Gasteiger partial charge is 0.222 e. The third-order valence-electron chi connectivity index (χ3n) is 3.07. The minimum Gasteiger partial charge on any atom is -0.393 e. The third kappa shape index (κ3) is 3.07. The Morgan fingerprint density at radius 3 is 2.59 bits per heavy atom. The molecular weight excluding hydrogens is 284 g/mol. The number of rotatable bonds is 2. The van der Waals surface area contributed by atoms with Gasteiger partial charge in [0.2, 0.25) is 5.95 Å². The molecule has 0 unspecified atom stereocenters. The lowest BCUT2D eigenvalue weighted by molar-refractivity contribution is 0.126. The molecule has 0 aromatic carbocycles. The Hall–Kier alpha value is -0.880. The second-order valence-electron chi connectivity index (χ2n) is 4.48. The van der Waals surface area contributed by atoms with E-state index in [2.05, 4.69) is 31.2 Å². The Balaban J connectivity index is 2.08. The van der Waals surface area contributed by atoms with Crippen LogP contribution >= 0.6 is 15.9 Å². The Morgan fingerprint density at radius 1 is 1.29 bits per heavy atom. The van der Waals surface area contributed by atoms with Gasteiger partial charge in [0.1, 0.15) is 5.82 Å². The van der Waals surface area contributed by atoms with Crippen molar-refractivity contribution >= 4 is 27.7 Å². The molecule has 0 atom stereocenters. The van der Waals surface area contributed by atoms with Gasteiger partial charge in [-0.2, -0.15) is 4.98 Å². The molecule has 1 fully saturated rings. The second kappa shape index (κ2) is 5.18. The van der Waals surface area contributed by atoms with Gasteiger partial charge in [0.15, 0.2) is 0 Å². The zero-order valence-electron chi connectivity index (χ0n) is 9.78. The van der Waals surface area contributed by atoms with Crippen LogP contribution in [0.3, 0.4) is 0 Å². The summed E-state index contributed by atoms with van der Waals surface area (Å²) in [4.78, 5) is 8.27. The lowest BCUT2D eigenvalue weighted by Crippen LogP contribution is -2.28. The predicted molar refractivity (Wildman–Crippen MR) is 70.8 cm³/mol. The van der Waals surface area contributed by atoms with E-state index in [1.807, 2.05) is 6.92 Å². The number of nitrogens with one attached hydrogen (secondary N) is 1. The van der Waals surface area contributed by atoms with Crippen LogP contribution in [0.25, 0.3) is 0 Å². The zero-order chi connectivity index (χ0) is 12.4. The van der Waals surface area contributed by atoms with Crippen LogP contribution in [0.4, 0.5) is 11.8 Å². The molecular formula is C11H17BrN4O. The number of aryl methyl sites for hydroxylation is 1. The van der Waals surface area contributed by atoms with Gasteiger partial charge in [-0.05, 0) is 48.5 Å². The van der Waals surface area contributed by atoms with E-state index in [1.165, 1.54) is 0 Å². The number of anilines is 2. The van der Waals surface area contributed by atoms with Gasteiger partial charge in [0.05, 0.1) is 16.3 Å². The summed E-state index contributed by atoms with van der Waals surface area (Å²) in [6.07, 6.45) is 3.45. The largest absolute Gasteiger partial charge is 0.393 e. The molecule has 1 aliphatic carbocycles. The van der Waals surface area contributed by atoms with Crippen molar-refractivity contribution in [2.75, 3.05) is 11.1 Å². The first kappa shape index (κ1) is 12.6. The van der Waals surface area contributed by atoms with Crippen molar-refractivity contribution in [1.29, 1.82) is 0 Å². The maximum absolute atomic E-state index is 9.45. The van der Waals surface area contributed by atoms with Gasteiger partial charge in [-0.25, -0.2) is 4.98 Å². The van der Waals surface area contributed by atoms with E-state index in [1.54, 1.807) is 0 Å². The molecule has 1 aromatic heterocycles. The summed E-state index contributed by atoms with van der Waals surface area (Å²) in [7, 11) is 0. The number of aliphatic hydroxyl groups is 1. The summed E-state index contributed by atoms with van der Waals surface area (Å²) in [5.41, 5.74) is 6.46. The van der Waals surface area contributed by atoms with E-state index in [9.17, 15) is 5.11 Å². The summed E-state index contributed by atoms with van der Waals surface area (Å²) in [6.45, 7) is 1.89. The molecule has 94 valence electrons. The first-order chi connectivity index (χ1) is 8.06. The zero-order valence-corrected chi connectivity index (χ0v) is 11.4. The molecule has 2 rings (SSSR count). The Kier molecular flexibility index (Phi) is 3.83. The molecule has 0 saturated heterocycles. The standard InChI is InChI=1S/C11H17BrN4O/c1-6-9(12)10(16-11(13)14-6)15-7-2-4-8(17)5-3-7/h7-8,17H,2-5H2,1H3,(H3,13,14,15,16)/t7-,8-. The van der Waals surface area contributed by atoms with Crippen LogP contribution in [0.2, 0.25) is 0 Å². The first-order valence-electron chi connectivity index (χ1n) is 5.80. The van der Waals surface area contributed by atoms with Crippen LogP contribution in [-0.4, -0.2) is 27.2 Å². The summed E-state index contributed by atoms with van der Waals surface area (Å²) in [6, 6.07) is 0.350. The molecule has 5 nitrogen and oxygen atoms in total. The number of aliphatic hydroxyl groups excluding tert-OH is 1. The molecule has 1 aliphatic rings. The number of nitrogens with two attached hydrogens (primary N) is 1. The Morgan fingerprint density at radius 2 is 1.94 bits per heavy atom. The summed E-state index contributed by atoms with van der Waals surface area (Å²) < 4.78 is 0.859. The number of halogens is 1. The van der Waals surface area contributed by atoms with Gasteiger partial charge in [0, 0.05) is 6.04 Å². The van der Waals surface area contributed by atoms with Crippen LogP contribution in [0, 0.1) is 6.92 Å². The third-order valence-corrected chi connectivity index (χ3v) is 4.02. The molecule has 17 heavy (non-hydrogen) atoms. The highest BCUT2D eigenvalue weighted by atomic mass is 79.9. The van der Waals surface area contributed by atoms with Crippen LogP contribution in [0.15, 0.2) is 4.47 Å². The molecule has 0 spiro atoms. The first-order valence-corrected chi connectivity index (χ1v) is 6.59. The highest BCUT2D eigenvalue weighted by Gasteiger charge is 2.20. The maximum atomic E-state index is 9.45. The monoisotopic (exact) mass is 300 g/mol. The highest BCUT2D eigenvalue weighted by molar-refractivity contribution is 9.10. The SMILES string of the molecule is Cc1nc(N)nc(N[C@H]2CC[C@H](O)CC2)c1Br. The minimum atomic E-state index is -0.145. The topological polar surface area (TPSA) is 84.1 Å². The molecule has 6 heteroatoms. The van der Waals surface area contributed by atoms with Crippen LogP contribution in [0.1, 0.15) is 31.4 Å². The van der Waals surface area contributed by atoms with Gasteiger partial charge in [-0.1, -0.05) is 0 Å². The summed E-state index contributed by atoms with van der Waals surface area (Å²) in [5, 5.41) is 12.8. The number of nitrogen functional groups attached to an aromatic ring is 1. The van der Waals surface area contributed by atoms with Crippen molar-refractivity contribution in [3.63, 3.8) is 0 Å². The van der Waals surface area contributed by atoms with Gasteiger partial charge in [0.25, 0.3) is 0 Å². The molecule has 0 aliphatic heterocycles. The van der Waals surface area contributed by atoms with Gasteiger partial charge >= 0.3 is 0 Å². The average Bonchev–Trinajstić information content (AvgIpc) is 2.28. The van der Waals surface area contributed by atoms with E-state index in [0.29, 0.717) is 6.04 Å². The number of hydrogen-bond acceptors (Lipinski definition) is 5. The molecule has 0 bridgehead atoms. The normalized spacial score (nSPS) is 24.6. The Bertz CT molecular complexity index is 405. The van der Waals surface area contributed by atoms with Crippen LogP contribution < -0.4 is 11.1 Å². The van der Waals surface area contributed by atoms with Crippen molar-refractivity contribution in [2.24, 2.45) is 0 Å². The molecule has 4 N–H and O–H groups in total. The van der Waals surface area contributed by atoms with Crippen molar-refractivity contribution in [1.82, 2.24) is 9.97 Å². The minimum absolute atomic E-state index is 0.145. The van der Waals surface area contributed by atoms with Gasteiger partial charge in [-0.15, -0.1) is 0 Å². The lowest BCUT2D eigenvalue weighted by Gasteiger charge is -2.27. The molecule has 0 radical (unpaired) electrons. The summed E-state index contributed by atoms with van der Waals surface area (Å²) in [5.74, 6) is 1.03. The fourth-order valence-electron chi connectivity index (χ4n) is 2.09. The van der Waals surface area contributed by atoms with Crippen molar-refractivity contribution in [3.05, 3.63) is 10.2 Å². The highest BCUT2D eigenvalue weighted by Crippen LogP contribution is 2.27. The van der Waals surface area contributed by atoms with Crippen molar-refractivity contribution in [3.8, 4) is 0 Å². The number of aromatic nitrogens is 2. The van der Waals surface area contributed by atoms with Crippen molar-refractivity contribution < 1.29 is 5.11 Å². The van der Waals surface area contributed by atoms with E-state index < -0.39 is 0 Å². The molecule has 1 saturated carbocycles.